The monoisotopic (exact) mass is 697 g/mol. The van der Waals surface area contributed by atoms with Gasteiger partial charge < -0.3 is 8.83 Å². The fourth-order valence-electron chi connectivity index (χ4n) is 7.76. The second kappa shape index (κ2) is 13.0. The first-order chi connectivity index (χ1) is 26.6. The van der Waals surface area contributed by atoms with Crippen LogP contribution in [0.4, 0.5) is 0 Å². The molecule has 5 nitrogen and oxygen atoms in total. The zero-order valence-electron chi connectivity index (χ0n) is 29.8. The summed E-state index contributed by atoms with van der Waals surface area (Å²) in [5, 5.41) is 3.14. The largest absolute Gasteiger partial charge is 0.456 e. The van der Waals surface area contributed by atoms with Crippen molar-refractivity contribution in [3.63, 3.8) is 0 Å². The summed E-state index contributed by atoms with van der Waals surface area (Å²) in [6.45, 7) is 6.44. The predicted octanol–water partition coefficient (Wildman–Crippen LogP) is 12.9. The normalized spacial score (nSPS) is 17.1. The molecule has 1 atom stereocenters. The van der Waals surface area contributed by atoms with Gasteiger partial charge in [0, 0.05) is 38.4 Å². The van der Waals surface area contributed by atoms with E-state index in [0.717, 1.165) is 85.1 Å². The summed E-state index contributed by atoms with van der Waals surface area (Å²) in [7, 11) is 0. The first-order valence-corrected chi connectivity index (χ1v) is 18.4. The van der Waals surface area contributed by atoms with E-state index in [1.54, 1.807) is 0 Å². The Labute approximate surface area is 313 Å². The van der Waals surface area contributed by atoms with Gasteiger partial charge in [0.25, 0.3) is 0 Å². The molecule has 0 saturated carbocycles. The standard InChI is InChI=1S/C49H35N3O2/c1-30-12-5-3-6-14-32-22-23-36(26-34(32)21-20-30)48-50-47(33-15-7-4-8-16-33)51-49(52-48)40-27-37(29-44-46(40)38-17-9-10-18-41(38)53-44)35-24-25-39-43(28-35)54-42-19-11-13-31(2)45(39)42/h3-12,15-29,31H,1,13-14H2,2H3/b6-3-,12-5-,21-20-. The third-order valence-corrected chi connectivity index (χ3v) is 10.5. The van der Waals surface area contributed by atoms with Gasteiger partial charge in [0.05, 0.1) is 0 Å². The van der Waals surface area contributed by atoms with Crippen LogP contribution in [0.1, 0.15) is 41.7 Å². The second-order valence-electron chi connectivity index (χ2n) is 14.1. The van der Waals surface area contributed by atoms with Crippen LogP contribution in [0.5, 0.6) is 0 Å². The summed E-state index contributed by atoms with van der Waals surface area (Å²) in [5.41, 5.74) is 11.7. The summed E-state index contributed by atoms with van der Waals surface area (Å²) in [6.07, 6.45) is 18.6. The van der Waals surface area contributed by atoms with Crippen LogP contribution in [-0.2, 0) is 6.42 Å². The molecule has 5 aromatic carbocycles. The lowest BCUT2D eigenvalue weighted by atomic mass is 9.90. The fourth-order valence-corrected chi connectivity index (χ4v) is 7.76. The SMILES string of the molecule is C=C1/C=C\C=C/Cc2ccc(-c3nc(-c4ccccc4)nc(-c4cc(-c5ccc6c7c(oc6c5)C=CCC7C)cc5oc6ccccc6c45)n3)cc2/C=C\1. The van der Waals surface area contributed by atoms with Gasteiger partial charge in [-0.05, 0) is 83.0 Å². The van der Waals surface area contributed by atoms with Crippen LogP contribution in [0.25, 0.3) is 90.4 Å². The van der Waals surface area contributed by atoms with E-state index >= 15 is 0 Å². The zero-order chi connectivity index (χ0) is 36.2. The minimum Gasteiger partial charge on any atom is -0.456 e. The van der Waals surface area contributed by atoms with Gasteiger partial charge >= 0.3 is 0 Å². The molecule has 10 rings (SSSR count). The van der Waals surface area contributed by atoms with Crippen LogP contribution in [0, 0.1) is 0 Å². The zero-order valence-corrected chi connectivity index (χ0v) is 29.8. The quantitative estimate of drug-likeness (QED) is 0.183. The number of hydrogen-bond donors (Lipinski definition) is 0. The van der Waals surface area contributed by atoms with E-state index in [4.69, 9.17) is 23.8 Å². The van der Waals surface area contributed by atoms with Gasteiger partial charge in [0.1, 0.15) is 22.5 Å². The molecule has 3 aromatic heterocycles. The number of hydrogen-bond acceptors (Lipinski definition) is 5. The number of para-hydroxylation sites is 1. The Morgan fingerprint density at radius 3 is 2.30 bits per heavy atom. The number of nitrogens with zero attached hydrogens (tertiary/aromatic N) is 3. The molecule has 0 bridgehead atoms. The Hall–Kier alpha value is -6.85. The van der Waals surface area contributed by atoms with Gasteiger partial charge in [0.15, 0.2) is 17.5 Å². The molecule has 8 aromatic rings. The first-order valence-electron chi connectivity index (χ1n) is 18.4. The molecule has 0 fully saturated rings. The minimum atomic E-state index is 0.412. The highest BCUT2D eigenvalue weighted by atomic mass is 16.3. The lowest BCUT2D eigenvalue weighted by Crippen LogP contribution is -2.01. The number of aromatic nitrogens is 3. The molecule has 1 unspecified atom stereocenters. The van der Waals surface area contributed by atoms with E-state index in [1.807, 2.05) is 66.8 Å². The number of benzene rings is 5. The maximum Gasteiger partial charge on any atom is 0.164 e. The van der Waals surface area contributed by atoms with E-state index in [0.29, 0.717) is 23.4 Å². The summed E-state index contributed by atoms with van der Waals surface area (Å²) in [6, 6.07) is 35.5. The number of rotatable bonds is 4. The van der Waals surface area contributed by atoms with Crippen LogP contribution < -0.4 is 0 Å². The number of furan rings is 2. The van der Waals surface area contributed by atoms with E-state index in [-0.39, 0.29) is 0 Å². The van der Waals surface area contributed by atoms with E-state index < -0.39 is 0 Å². The molecule has 0 saturated heterocycles. The van der Waals surface area contributed by atoms with Crippen molar-refractivity contribution in [2.24, 2.45) is 0 Å². The maximum atomic E-state index is 6.56. The lowest BCUT2D eigenvalue weighted by molar-refractivity contribution is 0.586. The molecule has 2 aliphatic rings. The smallest absolute Gasteiger partial charge is 0.164 e. The summed E-state index contributed by atoms with van der Waals surface area (Å²) < 4.78 is 13.0. The van der Waals surface area contributed by atoms with Crippen molar-refractivity contribution in [2.75, 3.05) is 0 Å². The highest BCUT2D eigenvalue weighted by Gasteiger charge is 2.23. The molecule has 0 aliphatic heterocycles. The highest BCUT2D eigenvalue weighted by Crippen LogP contribution is 2.42. The van der Waals surface area contributed by atoms with Gasteiger partial charge in [-0.25, -0.2) is 15.0 Å². The Morgan fingerprint density at radius 2 is 1.39 bits per heavy atom. The Morgan fingerprint density at radius 1 is 0.593 bits per heavy atom. The van der Waals surface area contributed by atoms with E-state index in [9.17, 15) is 0 Å². The van der Waals surface area contributed by atoms with Gasteiger partial charge in [-0.15, -0.1) is 0 Å². The Balaban J connectivity index is 1.19. The third-order valence-electron chi connectivity index (χ3n) is 10.5. The molecule has 0 spiro atoms. The average Bonchev–Trinajstić information content (AvgIpc) is 3.78. The van der Waals surface area contributed by atoms with Crippen LogP contribution in [0.15, 0.2) is 161 Å². The average molecular weight is 698 g/mol. The predicted molar refractivity (Wildman–Crippen MR) is 221 cm³/mol. The first kappa shape index (κ1) is 31.9. The van der Waals surface area contributed by atoms with Crippen molar-refractivity contribution in [1.82, 2.24) is 15.0 Å². The third kappa shape index (κ3) is 5.62. The molecule has 0 amide bonds. The Bertz CT molecular complexity index is 2920. The van der Waals surface area contributed by atoms with Crippen molar-refractivity contribution in [3.8, 4) is 45.3 Å². The highest BCUT2D eigenvalue weighted by molar-refractivity contribution is 6.13. The van der Waals surface area contributed by atoms with Crippen molar-refractivity contribution in [1.29, 1.82) is 0 Å². The van der Waals surface area contributed by atoms with Crippen molar-refractivity contribution >= 4 is 45.1 Å². The molecule has 258 valence electrons. The second-order valence-corrected chi connectivity index (χ2v) is 14.1. The number of fused-ring (bicyclic) bond motifs is 7. The lowest BCUT2D eigenvalue weighted by Gasteiger charge is -2.13. The summed E-state index contributed by atoms with van der Waals surface area (Å²) in [4.78, 5) is 15.5. The molecule has 54 heavy (non-hydrogen) atoms. The van der Waals surface area contributed by atoms with Crippen LogP contribution in [-0.4, -0.2) is 15.0 Å². The molecule has 3 heterocycles. The topological polar surface area (TPSA) is 65.0 Å². The van der Waals surface area contributed by atoms with Crippen LogP contribution in [0.2, 0.25) is 0 Å². The summed E-state index contributed by atoms with van der Waals surface area (Å²) in [5.74, 6) is 3.13. The summed E-state index contributed by atoms with van der Waals surface area (Å²) >= 11 is 0. The van der Waals surface area contributed by atoms with E-state index in [1.165, 1.54) is 16.5 Å². The van der Waals surface area contributed by atoms with Gasteiger partial charge in [0.2, 0.25) is 0 Å². The molecule has 2 aliphatic carbocycles. The Kier molecular flexibility index (Phi) is 7.65. The molecule has 0 N–H and O–H groups in total. The molecular weight excluding hydrogens is 663 g/mol. The van der Waals surface area contributed by atoms with Crippen molar-refractivity contribution in [3.05, 3.63) is 174 Å². The van der Waals surface area contributed by atoms with Crippen molar-refractivity contribution < 1.29 is 8.83 Å². The van der Waals surface area contributed by atoms with E-state index in [2.05, 4.69) is 98.5 Å². The maximum absolute atomic E-state index is 6.56. The molecule has 0 radical (unpaired) electrons. The molecule has 5 heteroatoms. The molecular formula is C49H35N3O2. The van der Waals surface area contributed by atoms with Crippen LogP contribution >= 0.6 is 0 Å². The minimum absolute atomic E-state index is 0.412. The number of allylic oxidation sites excluding steroid dienone is 7. The van der Waals surface area contributed by atoms with Gasteiger partial charge in [-0.3, -0.25) is 0 Å². The van der Waals surface area contributed by atoms with Crippen molar-refractivity contribution in [2.45, 2.75) is 25.7 Å². The van der Waals surface area contributed by atoms with Gasteiger partial charge in [-0.1, -0.05) is 129 Å². The van der Waals surface area contributed by atoms with Gasteiger partial charge in [-0.2, -0.15) is 0 Å². The fraction of sp³-hybridized carbons (Fsp3) is 0.0816. The van der Waals surface area contributed by atoms with Crippen LogP contribution in [0.3, 0.4) is 0 Å².